The number of nitriles is 4. The molecule has 0 N–H and O–H groups in total. The molecule has 0 radical (unpaired) electrons. The SMILES string of the molecule is N#Cc1ccc(-c2cc(-c3cc(C#N)c(-c4ccc(-n5c6ccccc6c6cc(N(c7ccccc7)c7ccccc7)ccc65)cc4)cc3C#N)nc(-c3ccc(C#N)cc3)n2)cc1. The molecule has 2 heterocycles. The number of aromatic nitrogens is 3. The first-order valence-corrected chi connectivity index (χ1v) is 20.5. The molecular weight excluding hydrogens is 785 g/mol. The average molecular weight is 817 g/mol. The van der Waals surface area contributed by atoms with Gasteiger partial charge in [-0.15, -0.1) is 0 Å². The molecule has 0 amide bonds. The van der Waals surface area contributed by atoms with Gasteiger partial charge in [0.2, 0.25) is 0 Å². The van der Waals surface area contributed by atoms with E-state index in [4.69, 9.17) is 9.97 Å². The lowest BCUT2D eigenvalue weighted by molar-refractivity contribution is 1.18. The second kappa shape index (κ2) is 16.5. The first kappa shape index (κ1) is 38.6. The number of hydrogen-bond donors (Lipinski definition) is 0. The lowest BCUT2D eigenvalue weighted by Gasteiger charge is -2.25. The minimum Gasteiger partial charge on any atom is -0.310 e. The third kappa shape index (κ3) is 7.02. The zero-order chi connectivity index (χ0) is 43.6. The first-order valence-electron chi connectivity index (χ1n) is 20.5. The van der Waals surface area contributed by atoms with Crippen LogP contribution >= 0.6 is 0 Å². The largest absolute Gasteiger partial charge is 0.310 e. The van der Waals surface area contributed by atoms with Gasteiger partial charge in [0.05, 0.1) is 69.0 Å². The monoisotopic (exact) mass is 816 g/mol. The molecule has 0 spiro atoms. The summed E-state index contributed by atoms with van der Waals surface area (Å²) in [5, 5.41) is 42.2. The van der Waals surface area contributed by atoms with Gasteiger partial charge in [0.15, 0.2) is 5.82 Å². The maximum Gasteiger partial charge on any atom is 0.160 e. The Labute approximate surface area is 369 Å². The topological polar surface area (TPSA) is 129 Å². The van der Waals surface area contributed by atoms with Gasteiger partial charge in [-0.2, -0.15) is 21.0 Å². The predicted octanol–water partition coefficient (Wildman–Crippen LogP) is 13.2. The summed E-state index contributed by atoms with van der Waals surface area (Å²) in [6.07, 6.45) is 0. The van der Waals surface area contributed by atoms with Gasteiger partial charge in [0, 0.05) is 55.8 Å². The van der Waals surface area contributed by atoms with E-state index in [0.29, 0.717) is 56.2 Å². The molecule has 8 aromatic carbocycles. The Morgan fingerprint density at radius 3 is 1.55 bits per heavy atom. The Bertz CT molecular complexity index is 3450. The van der Waals surface area contributed by atoms with Crippen molar-refractivity contribution in [2.24, 2.45) is 0 Å². The van der Waals surface area contributed by atoms with Crippen molar-refractivity contribution in [3.63, 3.8) is 0 Å². The fourth-order valence-electron chi connectivity index (χ4n) is 8.28. The summed E-state index contributed by atoms with van der Waals surface area (Å²) in [7, 11) is 0. The second-order valence-corrected chi connectivity index (χ2v) is 15.1. The molecular formula is C56H32N8. The highest BCUT2D eigenvalue weighted by Crippen LogP contribution is 2.40. The molecule has 0 atom stereocenters. The van der Waals surface area contributed by atoms with Crippen LogP contribution in [0, 0.1) is 45.3 Å². The number of anilines is 3. The van der Waals surface area contributed by atoms with Crippen LogP contribution in [0.2, 0.25) is 0 Å². The van der Waals surface area contributed by atoms with Crippen molar-refractivity contribution in [1.29, 1.82) is 21.0 Å². The molecule has 0 saturated carbocycles. The molecule has 8 heteroatoms. The van der Waals surface area contributed by atoms with Gasteiger partial charge in [-0.25, -0.2) is 9.97 Å². The van der Waals surface area contributed by atoms with Gasteiger partial charge in [-0.1, -0.05) is 78.9 Å². The first-order chi connectivity index (χ1) is 31.5. The molecule has 0 aliphatic heterocycles. The summed E-state index contributed by atoms with van der Waals surface area (Å²) in [5.74, 6) is 0.384. The van der Waals surface area contributed by atoms with E-state index in [1.165, 1.54) is 0 Å². The van der Waals surface area contributed by atoms with Gasteiger partial charge in [-0.3, -0.25) is 0 Å². The summed E-state index contributed by atoms with van der Waals surface area (Å²) in [4.78, 5) is 12.0. The molecule has 10 rings (SSSR count). The number of fused-ring (bicyclic) bond motifs is 3. The Kier molecular flexibility index (Phi) is 9.92. The standard InChI is InChI=1S/C56H32N8/c57-33-37-15-19-40(20-16-37)52-32-53(62-56(61-52)41-21-17-38(34-58)18-22-41)50-30-42(35-59)49(29-43(50)36-60)39-23-25-46(26-24-39)64-54-14-8-7-13-48(54)51-31-47(27-28-55(51)64)63(44-9-3-1-4-10-44)45-11-5-2-6-12-45/h1-32H. The van der Waals surface area contributed by atoms with E-state index in [1.54, 1.807) is 54.6 Å². The van der Waals surface area contributed by atoms with E-state index in [1.807, 2.05) is 36.4 Å². The molecule has 0 aliphatic rings. The van der Waals surface area contributed by atoms with Gasteiger partial charge >= 0.3 is 0 Å². The van der Waals surface area contributed by atoms with E-state index in [9.17, 15) is 21.0 Å². The zero-order valence-electron chi connectivity index (χ0n) is 34.1. The van der Waals surface area contributed by atoms with E-state index >= 15 is 0 Å². The lowest BCUT2D eigenvalue weighted by atomic mass is 9.92. The molecule has 296 valence electrons. The minimum absolute atomic E-state index is 0.339. The Hall–Kier alpha value is -9.60. The minimum atomic E-state index is 0.339. The Balaban J connectivity index is 1.05. The highest BCUT2D eigenvalue weighted by Gasteiger charge is 2.20. The van der Waals surface area contributed by atoms with Crippen molar-refractivity contribution in [1.82, 2.24) is 14.5 Å². The van der Waals surface area contributed by atoms with Crippen LogP contribution in [0.5, 0.6) is 0 Å². The molecule has 8 nitrogen and oxygen atoms in total. The van der Waals surface area contributed by atoms with E-state index in [2.05, 4.69) is 137 Å². The van der Waals surface area contributed by atoms with Gasteiger partial charge in [0.1, 0.15) is 0 Å². The number of nitrogens with zero attached hydrogens (tertiary/aromatic N) is 8. The molecule has 0 saturated heterocycles. The Morgan fingerprint density at radius 1 is 0.391 bits per heavy atom. The summed E-state index contributed by atoms with van der Waals surface area (Å²) >= 11 is 0. The van der Waals surface area contributed by atoms with Crippen LogP contribution in [0.3, 0.4) is 0 Å². The van der Waals surface area contributed by atoms with Crippen LogP contribution in [0.25, 0.3) is 72.5 Å². The normalized spacial score (nSPS) is 10.8. The van der Waals surface area contributed by atoms with Crippen molar-refractivity contribution < 1.29 is 0 Å². The number of rotatable bonds is 8. The van der Waals surface area contributed by atoms with E-state index in [-0.39, 0.29) is 0 Å². The van der Waals surface area contributed by atoms with E-state index in [0.717, 1.165) is 55.7 Å². The third-order valence-electron chi connectivity index (χ3n) is 11.4. The molecule has 0 aliphatic carbocycles. The quantitative estimate of drug-likeness (QED) is 0.149. The molecule has 0 unspecified atom stereocenters. The summed E-state index contributed by atoms with van der Waals surface area (Å²) in [6.45, 7) is 0. The maximum atomic E-state index is 10.6. The number of benzene rings is 8. The van der Waals surface area contributed by atoms with Gasteiger partial charge < -0.3 is 9.47 Å². The highest BCUT2D eigenvalue weighted by molar-refractivity contribution is 6.10. The van der Waals surface area contributed by atoms with Crippen LogP contribution in [-0.2, 0) is 0 Å². The summed E-state index contributed by atoms with van der Waals surface area (Å²) in [5.41, 5.74) is 12.3. The summed E-state index contributed by atoms with van der Waals surface area (Å²) in [6, 6.07) is 72.1. The van der Waals surface area contributed by atoms with Gasteiger partial charge in [-0.05, 0) is 121 Å². The molecule has 2 aromatic heterocycles. The number of hydrogen-bond acceptors (Lipinski definition) is 7. The highest BCUT2D eigenvalue weighted by atomic mass is 15.1. The van der Waals surface area contributed by atoms with E-state index < -0.39 is 0 Å². The van der Waals surface area contributed by atoms with Crippen LogP contribution in [0.15, 0.2) is 194 Å². The molecule has 64 heavy (non-hydrogen) atoms. The van der Waals surface area contributed by atoms with Crippen LogP contribution in [0.4, 0.5) is 17.1 Å². The predicted molar refractivity (Wildman–Crippen MR) is 252 cm³/mol. The van der Waals surface area contributed by atoms with Crippen LogP contribution < -0.4 is 4.90 Å². The Morgan fingerprint density at radius 2 is 0.922 bits per heavy atom. The molecule has 0 bridgehead atoms. The van der Waals surface area contributed by atoms with Crippen molar-refractivity contribution in [2.75, 3.05) is 4.90 Å². The fraction of sp³-hybridized carbons (Fsp3) is 0. The molecule has 0 fully saturated rings. The maximum absolute atomic E-state index is 10.6. The van der Waals surface area contributed by atoms with Crippen molar-refractivity contribution >= 4 is 38.9 Å². The molecule has 10 aromatic rings. The van der Waals surface area contributed by atoms with Crippen LogP contribution in [0.1, 0.15) is 22.3 Å². The third-order valence-corrected chi connectivity index (χ3v) is 11.4. The van der Waals surface area contributed by atoms with Crippen molar-refractivity contribution in [3.8, 4) is 75.0 Å². The lowest BCUT2D eigenvalue weighted by Crippen LogP contribution is -2.09. The average Bonchev–Trinajstić information content (AvgIpc) is 3.70. The fourth-order valence-corrected chi connectivity index (χ4v) is 8.28. The number of para-hydroxylation sites is 3. The second-order valence-electron chi connectivity index (χ2n) is 15.1. The summed E-state index contributed by atoms with van der Waals surface area (Å²) < 4.78 is 2.26. The van der Waals surface area contributed by atoms with Crippen molar-refractivity contribution in [3.05, 3.63) is 216 Å². The smallest absolute Gasteiger partial charge is 0.160 e. The van der Waals surface area contributed by atoms with Crippen LogP contribution in [-0.4, -0.2) is 14.5 Å². The van der Waals surface area contributed by atoms with Gasteiger partial charge in [0.25, 0.3) is 0 Å². The zero-order valence-corrected chi connectivity index (χ0v) is 34.1. The van der Waals surface area contributed by atoms with Crippen molar-refractivity contribution in [2.45, 2.75) is 0 Å².